The molecule has 0 aliphatic heterocycles. The number of aromatic nitrogens is 4. The Morgan fingerprint density at radius 3 is 2.62 bits per heavy atom. The van der Waals surface area contributed by atoms with Crippen molar-refractivity contribution in [3.8, 4) is 5.69 Å². The molecule has 3 aromatic rings. The summed E-state index contributed by atoms with van der Waals surface area (Å²) in [6, 6.07) is 8.81. The molecule has 5 nitrogen and oxygen atoms in total. The van der Waals surface area contributed by atoms with E-state index in [0.717, 1.165) is 17.9 Å². The normalized spacial score (nSPS) is 11.0. The fraction of sp³-hybridized carbons (Fsp3) is 0.250. The highest BCUT2D eigenvalue weighted by molar-refractivity contribution is 5.41. The van der Waals surface area contributed by atoms with E-state index in [-0.39, 0.29) is 0 Å². The van der Waals surface area contributed by atoms with Gasteiger partial charge in [-0.2, -0.15) is 5.10 Å². The molecule has 0 atom stereocenters. The van der Waals surface area contributed by atoms with Gasteiger partial charge >= 0.3 is 0 Å². The minimum atomic E-state index is 0.384. The summed E-state index contributed by atoms with van der Waals surface area (Å²) in [5, 5.41) is 7.71. The van der Waals surface area contributed by atoms with E-state index in [1.165, 1.54) is 5.56 Å². The van der Waals surface area contributed by atoms with E-state index in [1.54, 1.807) is 12.5 Å². The van der Waals surface area contributed by atoms with Crippen molar-refractivity contribution in [1.82, 2.24) is 19.3 Å². The van der Waals surface area contributed by atoms with Crippen LogP contribution in [0.25, 0.3) is 5.69 Å². The van der Waals surface area contributed by atoms with E-state index in [9.17, 15) is 0 Å². The first-order valence-electron chi connectivity index (χ1n) is 7.07. The predicted molar refractivity (Wildman–Crippen MR) is 83.5 cm³/mol. The summed E-state index contributed by atoms with van der Waals surface area (Å²) in [7, 11) is 0. The lowest BCUT2D eigenvalue weighted by Gasteiger charge is -2.06. The number of nitrogens with zero attached hydrogens (tertiary/aromatic N) is 4. The molecule has 2 heterocycles. The van der Waals surface area contributed by atoms with Crippen molar-refractivity contribution in [2.45, 2.75) is 26.4 Å². The van der Waals surface area contributed by atoms with Crippen molar-refractivity contribution in [3.05, 3.63) is 60.9 Å². The lowest BCUT2D eigenvalue weighted by atomic mass is 10.2. The van der Waals surface area contributed by atoms with Crippen molar-refractivity contribution in [3.63, 3.8) is 0 Å². The lowest BCUT2D eigenvalue weighted by Crippen LogP contribution is -2.01. The number of rotatable bonds is 5. The standard InChI is InChI=1S/C16H19N5/c1-13(2)21-11-15(10-19-21)18-9-14-3-5-16(6-4-14)20-8-7-17-12-20/h3-8,10-13,18H,9H2,1-2H3. The molecule has 0 aliphatic carbocycles. The van der Waals surface area contributed by atoms with Crippen LogP contribution in [0.15, 0.2) is 55.4 Å². The van der Waals surface area contributed by atoms with Gasteiger partial charge in [0, 0.05) is 36.9 Å². The van der Waals surface area contributed by atoms with Gasteiger partial charge in [-0.25, -0.2) is 4.98 Å². The predicted octanol–water partition coefficient (Wildman–Crippen LogP) is 3.26. The summed E-state index contributed by atoms with van der Waals surface area (Å²) in [6.45, 7) is 5.02. The maximum atomic E-state index is 4.32. The van der Waals surface area contributed by atoms with Gasteiger partial charge in [0.25, 0.3) is 0 Å². The van der Waals surface area contributed by atoms with Gasteiger partial charge in [0.1, 0.15) is 0 Å². The van der Waals surface area contributed by atoms with Crippen LogP contribution in [0.5, 0.6) is 0 Å². The molecule has 0 saturated carbocycles. The topological polar surface area (TPSA) is 47.7 Å². The average Bonchev–Trinajstić information content (AvgIpc) is 3.17. The first-order valence-corrected chi connectivity index (χ1v) is 7.07. The van der Waals surface area contributed by atoms with Crippen LogP contribution in [0.1, 0.15) is 25.5 Å². The molecule has 2 aromatic heterocycles. The third-order valence-corrected chi connectivity index (χ3v) is 3.37. The Labute approximate surface area is 124 Å². The Balaban J connectivity index is 1.62. The number of benzene rings is 1. The van der Waals surface area contributed by atoms with E-state index in [1.807, 2.05) is 27.8 Å². The first-order chi connectivity index (χ1) is 10.2. The summed E-state index contributed by atoms with van der Waals surface area (Å²) in [4.78, 5) is 4.05. The second-order valence-corrected chi connectivity index (χ2v) is 5.29. The zero-order valence-corrected chi connectivity index (χ0v) is 12.3. The van der Waals surface area contributed by atoms with Gasteiger partial charge in [-0.15, -0.1) is 0 Å². The smallest absolute Gasteiger partial charge is 0.0991 e. The number of hydrogen-bond donors (Lipinski definition) is 1. The molecule has 108 valence electrons. The molecule has 0 fully saturated rings. The molecule has 0 amide bonds. The molecule has 3 rings (SSSR count). The van der Waals surface area contributed by atoms with Gasteiger partial charge in [0.2, 0.25) is 0 Å². The summed E-state index contributed by atoms with van der Waals surface area (Å²) in [5.74, 6) is 0. The summed E-state index contributed by atoms with van der Waals surface area (Å²) >= 11 is 0. The highest BCUT2D eigenvalue weighted by Gasteiger charge is 2.02. The van der Waals surface area contributed by atoms with Crippen LogP contribution >= 0.6 is 0 Å². The molecular weight excluding hydrogens is 262 g/mol. The van der Waals surface area contributed by atoms with Gasteiger partial charge in [-0.3, -0.25) is 4.68 Å². The first kappa shape index (κ1) is 13.4. The molecule has 0 unspecified atom stereocenters. The van der Waals surface area contributed by atoms with E-state index in [2.05, 4.69) is 53.5 Å². The Kier molecular flexibility index (Phi) is 3.73. The lowest BCUT2D eigenvalue weighted by molar-refractivity contribution is 0.532. The van der Waals surface area contributed by atoms with Crippen molar-refractivity contribution in [2.75, 3.05) is 5.32 Å². The van der Waals surface area contributed by atoms with E-state index in [4.69, 9.17) is 0 Å². The zero-order chi connectivity index (χ0) is 14.7. The van der Waals surface area contributed by atoms with Crippen LogP contribution in [0.4, 0.5) is 5.69 Å². The molecule has 0 spiro atoms. The van der Waals surface area contributed by atoms with Crippen molar-refractivity contribution in [2.24, 2.45) is 0 Å². The van der Waals surface area contributed by atoms with E-state index in [0.29, 0.717) is 6.04 Å². The molecule has 0 radical (unpaired) electrons. The molecule has 1 N–H and O–H groups in total. The van der Waals surface area contributed by atoms with Gasteiger partial charge in [0.15, 0.2) is 0 Å². The van der Waals surface area contributed by atoms with Crippen LogP contribution in [-0.4, -0.2) is 19.3 Å². The fourth-order valence-corrected chi connectivity index (χ4v) is 2.11. The van der Waals surface area contributed by atoms with Gasteiger partial charge in [-0.1, -0.05) is 12.1 Å². The highest BCUT2D eigenvalue weighted by Crippen LogP contribution is 2.13. The minimum Gasteiger partial charge on any atom is -0.378 e. The second-order valence-electron chi connectivity index (χ2n) is 5.29. The SMILES string of the molecule is CC(C)n1cc(NCc2ccc(-n3ccnc3)cc2)cn1. The Hall–Kier alpha value is -2.56. The summed E-state index contributed by atoms with van der Waals surface area (Å²) in [6.07, 6.45) is 9.41. The summed E-state index contributed by atoms with van der Waals surface area (Å²) < 4.78 is 3.94. The molecule has 0 bridgehead atoms. The molecular formula is C16H19N5. The van der Waals surface area contributed by atoms with E-state index < -0.39 is 0 Å². The molecule has 5 heteroatoms. The minimum absolute atomic E-state index is 0.384. The highest BCUT2D eigenvalue weighted by atomic mass is 15.3. The third kappa shape index (κ3) is 3.13. The van der Waals surface area contributed by atoms with Crippen LogP contribution in [0.3, 0.4) is 0 Å². The van der Waals surface area contributed by atoms with E-state index >= 15 is 0 Å². The number of imidazole rings is 1. The van der Waals surface area contributed by atoms with Crippen molar-refractivity contribution >= 4 is 5.69 Å². The number of hydrogen-bond acceptors (Lipinski definition) is 3. The van der Waals surface area contributed by atoms with Crippen LogP contribution in [0.2, 0.25) is 0 Å². The third-order valence-electron chi connectivity index (χ3n) is 3.37. The average molecular weight is 281 g/mol. The number of anilines is 1. The van der Waals surface area contributed by atoms with Crippen molar-refractivity contribution in [1.29, 1.82) is 0 Å². The monoisotopic (exact) mass is 281 g/mol. The zero-order valence-electron chi connectivity index (χ0n) is 12.3. The summed E-state index contributed by atoms with van der Waals surface area (Å²) in [5.41, 5.74) is 3.39. The van der Waals surface area contributed by atoms with Crippen LogP contribution < -0.4 is 5.32 Å². The molecule has 0 saturated heterocycles. The maximum absolute atomic E-state index is 4.32. The maximum Gasteiger partial charge on any atom is 0.0991 e. The second kappa shape index (κ2) is 5.83. The van der Waals surface area contributed by atoms with Crippen LogP contribution in [0, 0.1) is 0 Å². The van der Waals surface area contributed by atoms with Gasteiger partial charge in [0.05, 0.1) is 18.2 Å². The largest absolute Gasteiger partial charge is 0.378 e. The molecule has 21 heavy (non-hydrogen) atoms. The fourth-order valence-electron chi connectivity index (χ4n) is 2.11. The number of nitrogens with one attached hydrogen (secondary N) is 1. The van der Waals surface area contributed by atoms with Crippen molar-refractivity contribution < 1.29 is 0 Å². The Bertz CT molecular complexity index is 680. The van der Waals surface area contributed by atoms with Gasteiger partial charge < -0.3 is 9.88 Å². The quantitative estimate of drug-likeness (QED) is 0.781. The molecule has 1 aromatic carbocycles. The van der Waals surface area contributed by atoms with Gasteiger partial charge in [-0.05, 0) is 31.5 Å². The van der Waals surface area contributed by atoms with Crippen LogP contribution in [-0.2, 0) is 6.54 Å². The Morgan fingerprint density at radius 2 is 2.00 bits per heavy atom. The Morgan fingerprint density at radius 1 is 1.19 bits per heavy atom. The molecule has 0 aliphatic rings.